The first kappa shape index (κ1) is 21.7. The molecule has 2 unspecified atom stereocenters. The fourth-order valence-corrected chi connectivity index (χ4v) is 3.68. The van der Waals surface area contributed by atoms with Gasteiger partial charge in [0.1, 0.15) is 0 Å². The first-order valence-corrected chi connectivity index (χ1v) is 9.88. The number of nitrogens with one attached hydrogen (secondary N) is 2. The number of halogens is 1. The van der Waals surface area contributed by atoms with Gasteiger partial charge in [-0.15, -0.1) is 24.0 Å². The summed E-state index contributed by atoms with van der Waals surface area (Å²) in [5.74, 6) is 1.41. The smallest absolute Gasteiger partial charge is 0.234 e. The SMILES string of the molecule is CCNC(=NCC1CCCC1O)N1CCN(CC(=O)NC2CC2)CC1.I. The number of aliphatic hydroxyl groups is 1. The van der Waals surface area contributed by atoms with Crippen LogP contribution in [0.2, 0.25) is 0 Å². The summed E-state index contributed by atoms with van der Waals surface area (Å²) in [6.45, 7) is 7.67. The number of aliphatic hydroxyl groups excluding tert-OH is 1. The first-order valence-electron chi connectivity index (χ1n) is 9.88. The van der Waals surface area contributed by atoms with E-state index in [9.17, 15) is 9.90 Å². The molecular weight excluding hydrogens is 445 g/mol. The van der Waals surface area contributed by atoms with Crippen molar-refractivity contribution in [2.75, 3.05) is 45.8 Å². The van der Waals surface area contributed by atoms with E-state index in [0.29, 0.717) is 25.0 Å². The molecule has 3 fully saturated rings. The van der Waals surface area contributed by atoms with Gasteiger partial charge in [0.2, 0.25) is 5.91 Å². The van der Waals surface area contributed by atoms with Gasteiger partial charge in [-0.25, -0.2) is 0 Å². The van der Waals surface area contributed by atoms with Gasteiger partial charge in [-0.2, -0.15) is 0 Å². The number of hydrogen-bond donors (Lipinski definition) is 3. The number of aliphatic imine (C=N–C) groups is 1. The lowest BCUT2D eigenvalue weighted by atomic mass is 10.1. The molecule has 1 amide bonds. The molecule has 1 saturated heterocycles. The van der Waals surface area contributed by atoms with Crippen LogP contribution in [0.4, 0.5) is 0 Å². The monoisotopic (exact) mass is 479 g/mol. The zero-order chi connectivity index (χ0) is 17.6. The Hall–Kier alpha value is -0.610. The largest absolute Gasteiger partial charge is 0.393 e. The summed E-state index contributed by atoms with van der Waals surface area (Å²) in [6.07, 6.45) is 5.19. The van der Waals surface area contributed by atoms with Crippen molar-refractivity contribution in [1.82, 2.24) is 20.4 Å². The van der Waals surface area contributed by atoms with Gasteiger partial charge in [0.15, 0.2) is 5.96 Å². The molecule has 1 heterocycles. The normalized spacial score (nSPS) is 27.2. The van der Waals surface area contributed by atoms with Crippen LogP contribution >= 0.6 is 24.0 Å². The van der Waals surface area contributed by atoms with E-state index in [-0.39, 0.29) is 36.0 Å². The van der Waals surface area contributed by atoms with Crippen LogP contribution in [0, 0.1) is 5.92 Å². The second kappa shape index (κ2) is 10.7. The third-order valence-corrected chi connectivity index (χ3v) is 5.41. The Kier molecular flexibility index (Phi) is 8.89. The molecule has 3 rings (SSSR count). The average molecular weight is 479 g/mol. The van der Waals surface area contributed by atoms with Crippen molar-refractivity contribution in [3.63, 3.8) is 0 Å². The van der Waals surface area contributed by atoms with E-state index in [2.05, 4.69) is 27.4 Å². The van der Waals surface area contributed by atoms with E-state index in [0.717, 1.165) is 70.8 Å². The predicted octanol–water partition coefficient (Wildman–Crippen LogP) is 0.627. The van der Waals surface area contributed by atoms with Gasteiger partial charge in [0, 0.05) is 51.2 Å². The maximum Gasteiger partial charge on any atom is 0.234 e. The lowest BCUT2D eigenvalue weighted by Gasteiger charge is -2.36. The number of carbonyl (C=O) groups is 1. The minimum atomic E-state index is -0.187. The first-order chi connectivity index (χ1) is 12.2. The van der Waals surface area contributed by atoms with Crippen molar-refractivity contribution in [3.8, 4) is 0 Å². The minimum absolute atomic E-state index is 0. The van der Waals surface area contributed by atoms with Crippen LogP contribution in [0.1, 0.15) is 39.0 Å². The van der Waals surface area contributed by atoms with Crippen molar-refractivity contribution in [2.45, 2.75) is 51.2 Å². The fraction of sp³-hybridized carbons (Fsp3) is 0.889. The van der Waals surface area contributed by atoms with E-state index < -0.39 is 0 Å². The molecule has 1 aliphatic heterocycles. The van der Waals surface area contributed by atoms with Gasteiger partial charge in [-0.05, 0) is 32.6 Å². The Balaban J connectivity index is 0.00000243. The molecule has 0 aromatic carbocycles. The molecular formula is C18H34IN5O2. The van der Waals surface area contributed by atoms with Crippen LogP contribution < -0.4 is 10.6 Å². The summed E-state index contributed by atoms with van der Waals surface area (Å²) in [4.78, 5) is 21.2. The molecule has 0 radical (unpaired) electrons. The van der Waals surface area contributed by atoms with Crippen LogP contribution in [0.15, 0.2) is 4.99 Å². The molecule has 0 aromatic rings. The second-order valence-corrected chi connectivity index (χ2v) is 7.56. The van der Waals surface area contributed by atoms with Gasteiger partial charge in [0.05, 0.1) is 12.6 Å². The highest BCUT2D eigenvalue weighted by Crippen LogP contribution is 2.25. The summed E-state index contributed by atoms with van der Waals surface area (Å²) in [7, 11) is 0. The molecule has 0 spiro atoms. The third kappa shape index (κ3) is 6.53. The number of piperazine rings is 1. The van der Waals surface area contributed by atoms with Gasteiger partial charge >= 0.3 is 0 Å². The van der Waals surface area contributed by atoms with Gasteiger partial charge in [-0.1, -0.05) is 6.42 Å². The van der Waals surface area contributed by atoms with Crippen molar-refractivity contribution in [3.05, 3.63) is 0 Å². The average Bonchev–Trinajstić information content (AvgIpc) is 3.32. The molecule has 0 aromatic heterocycles. The molecule has 8 heteroatoms. The van der Waals surface area contributed by atoms with E-state index >= 15 is 0 Å². The second-order valence-electron chi connectivity index (χ2n) is 7.56. The highest BCUT2D eigenvalue weighted by atomic mass is 127. The van der Waals surface area contributed by atoms with Crippen LogP contribution in [0.25, 0.3) is 0 Å². The topological polar surface area (TPSA) is 80.2 Å². The van der Waals surface area contributed by atoms with Crippen molar-refractivity contribution < 1.29 is 9.90 Å². The molecule has 0 bridgehead atoms. The van der Waals surface area contributed by atoms with Crippen LogP contribution in [0.3, 0.4) is 0 Å². The molecule has 26 heavy (non-hydrogen) atoms. The zero-order valence-corrected chi connectivity index (χ0v) is 18.2. The van der Waals surface area contributed by atoms with Crippen molar-refractivity contribution in [2.24, 2.45) is 10.9 Å². The number of guanidine groups is 1. The minimum Gasteiger partial charge on any atom is -0.393 e. The van der Waals surface area contributed by atoms with Crippen LogP contribution in [-0.4, -0.2) is 84.7 Å². The Morgan fingerprint density at radius 3 is 2.46 bits per heavy atom. The molecule has 2 aliphatic carbocycles. The fourth-order valence-electron chi connectivity index (χ4n) is 3.68. The highest BCUT2D eigenvalue weighted by Gasteiger charge is 2.27. The number of nitrogens with zero attached hydrogens (tertiary/aromatic N) is 3. The van der Waals surface area contributed by atoms with Gasteiger partial charge < -0.3 is 20.6 Å². The Bertz CT molecular complexity index is 478. The summed E-state index contributed by atoms with van der Waals surface area (Å²) >= 11 is 0. The Morgan fingerprint density at radius 1 is 1.15 bits per heavy atom. The van der Waals surface area contributed by atoms with Crippen LogP contribution in [-0.2, 0) is 4.79 Å². The molecule has 2 atom stereocenters. The summed E-state index contributed by atoms with van der Waals surface area (Å²) in [5.41, 5.74) is 0. The van der Waals surface area contributed by atoms with Gasteiger partial charge in [0.25, 0.3) is 0 Å². The quantitative estimate of drug-likeness (QED) is 0.296. The number of amides is 1. The van der Waals surface area contributed by atoms with E-state index in [1.807, 2.05) is 0 Å². The molecule has 2 saturated carbocycles. The van der Waals surface area contributed by atoms with Crippen molar-refractivity contribution >= 4 is 35.8 Å². The predicted molar refractivity (Wildman–Crippen MR) is 114 cm³/mol. The standard InChI is InChI=1S/C18H33N5O2.HI/c1-2-19-18(20-12-14-4-3-5-16(14)24)23-10-8-22(9-11-23)13-17(25)21-15-6-7-15;/h14-16,24H,2-13H2,1H3,(H,19,20)(H,21,25);1H. The van der Waals surface area contributed by atoms with E-state index in [1.54, 1.807) is 0 Å². The lowest BCUT2D eigenvalue weighted by Crippen LogP contribution is -2.54. The van der Waals surface area contributed by atoms with Gasteiger partial charge in [-0.3, -0.25) is 14.7 Å². The Morgan fingerprint density at radius 2 is 1.88 bits per heavy atom. The summed E-state index contributed by atoms with van der Waals surface area (Å²) < 4.78 is 0. The lowest BCUT2D eigenvalue weighted by molar-refractivity contribution is -0.122. The molecule has 7 nitrogen and oxygen atoms in total. The number of hydrogen-bond acceptors (Lipinski definition) is 4. The summed E-state index contributed by atoms with van der Waals surface area (Å²) in [5, 5.41) is 16.4. The molecule has 3 aliphatic rings. The van der Waals surface area contributed by atoms with Crippen molar-refractivity contribution in [1.29, 1.82) is 0 Å². The maximum absolute atomic E-state index is 11.9. The highest BCUT2D eigenvalue weighted by molar-refractivity contribution is 14.0. The number of carbonyl (C=O) groups excluding carboxylic acids is 1. The van der Waals surface area contributed by atoms with E-state index in [4.69, 9.17) is 4.99 Å². The zero-order valence-electron chi connectivity index (χ0n) is 15.8. The summed E-state index contributed by atoms with van der Waals surface area (Å²) in [6, 6.07) is 0.437. The molecule has 3 N–H and O–H groups in total. The van der Waals surface area contributed by atoms with E-state index in [1.165, 1.54) is 0 Å². The number of rotatable bonds is 6. The third-order valence-electron chi connectivity index (χ3n) is 5.41. The maximum atomic E-state index is 11.9. The van der Waals surface area contributed by atoms with Crippen LogP contribution in [0.5, 0.6) is 0 Å². The molecule has 150 valence electrons. The Labute approximate surface area is 174 Å².